The van der Waals surface area contributed by atoms with E-state index in [1.165, 1.54) is 6.33 Å². The Hall–Kier alpha value is -1.19. The summed E-state index contributed by atoms with van der Waals surface area (Å²) in [7, 11) is 0. The van der Waals surface area contributed by atoms with Crippen molar-refractivity contribution in [3.63, 3.8) is 0 Å². The van der Waals surface area contributed by atoms with Crippen molar-refractivity contribution in [2.75, 3.05) is 18.0 Å². The third-order valence-corrected chi connectivity index (χ3v) is 1.60. The third kappa shape index (κ3) is 2.15. The second-order valence-corrected chi connectivity index (χ2v) is 2.47. The molecule has 0 amide bonds. The van der Waals surface area contributed by atoms with Crippen LogP contribution in [0.3, 0.4) is 0 Å². The largest absolute Gasteiger partial charge is 0.341 e. The van der Waals surface area contributed by atoms with Crippen molar-refractivity contribution in [1.29, 1.82) is 0 Å². The van der Waals surface area contributed by atoms with Crippen LogP contribution in [-0.2, 0) is 0 Å². The second-order valence-electron chi connectivity index (χ2n) is 2.47. The highest BCUT2D eigenvalue weighted by molar-refractivity contribution is 5.26. The van der Waals surface area contributed by atoms with E-state index in [-0.39, 0.29) is 0 Å². The lowest BCUT2D eigenvalue weighted by Gasteiger charge is -2.18. The topological polar surface area (TPSA) is 41.9 Å². The number of aromatic nitrogens is 3. The lowest BCUT2D eigenvalue weighted by atomic mass is 10.4. The first kappa shape index (κ1) is 8.90. The molecular formula is C8H13N4. The monoisotopic (exact) mass is 165 g/mol. The van der Waals surface area contributed by atoms with Gasteiger partial charge in [0.2, 0.25) is 12.3 Å². The van der Waals surface area contributed by atoms with Crippen LogP contribution >= 0.6 is 0 Å². The third-order valence-electron chi connectivity index (χ3n) is 1.60. The van der Waals surface area contributed by atoms with E-state index >= 15 is 0 Å². The Balaban J connectivity index is 2.66. The van der Waals surface area contributed by atoms with E-state index in [0.29, 0.717) is 5.95 Å². The van der Waals surface area contributed by atoms with Crippen LogP contribution in [-0.4, -0.2) is 28.0 Å². The Labute approximate surface area is 72.7 Å². The molecule has 0 aliphatic carbocycles. The van der Waals surface area contributed by atoms with E-state index in [1.54, 1.807) is 0 Å². The van der Waals surface area contributed by atoms with Gasteiger partial charge < -0.3 is 4.90 Å². The highest BCUT2D eigenvalue weighted by Crippen LogP contribution is 2.03. The lowest BCUT2D eigenvalue weighted by Crippen LogP contribution is -2.25. The summed E-state index contributed by atoms with van der Waals surface area (Å²) in [5, 5.41) is 0. The van der Waals surface area contributed by atoms with E-state index in [0.717, 1.165) is 19.5 Å². The van der Waals surface area contributed by atoms with Gasteiger partial charge in [-0.3, -0.25) is 0 Å². The quantitative estimate of drug-likeness (QED) is 0.665. The fraction of sp³-hybridized carbons (Fsp3) is 0.625. The van der Waals surface area contributed by atoms with Crippen molar-refractivity contribution >= 4 is 5.95 Å². The Kier molecular flexibility index (Phi) is 3.44. The Morgan fingerprint density at radius 1 is 1.50 bits per heavy atom. The molecule has 4 heteroatoms. The number of hydrogen-bond acceptors (Lipinski definition) is 4. The lowest BCUT2D eigenvalue weighted by molar-refractivity contribution is 0.755. The van der Waals surface area contributed by atoms with E-state index < -0.39 is 0 Å². The van der Waals surface area contributed by atoms with Crippen molar-refractivity contribution < 1.29 is 0 Å². The van der Waals surface area contributed by atoms with Crippen LogP contribution in [0.25, 0.3) is 0 Å². The number of anilines is 1. The summed E-state index contributed by atoms with van der Waals surface area (Å²) in [6.07, 6.45) is 5.10. The van der Waals surface area contributed by atoms with Crippen molar-refractivity contribution in [3.8, 4) is 0 Å². The van der Waals surface area contributed by atoms with Gasteiger partial charge >= 0.3 is 0 Å². The standard InChI is InChI=1S/C8H13N4/c1-3-5-12(4-2)8-10-6-9-7-11-8/h6H,3-5H2,1-2H3. The summed E-state index contributed by atoms with van der Waals surface area (Å²) in [6, 6.07) is 0. The molecule has 0 atom stereocenters. The minimum absolute atomic E-state index is 0.717. The van der Waals surface area contributed by atoms with Gasteiger partial charge in [-0.25, -0.2) is 9.97 Å². The smallest absolute Gasteiger partial charge is 0.228 e. The van der Waals surface area contributed by atoms with Crippen molar-refractivity contribution in [3.05, 3.63) is 12.7 Å². The maximum atomic E-state index is 4.04. The van der Waals surface area contributed by atoms with E-state index in [9.17, 15) is 0 Å². The van der Waals surface area contributed by atoms with Gasteiger partial charge in [-0.2, -0.15) is 4.98 Å². The van der Waals surface area contributed by atoms with Gasteiger partial charge in [-0.15, -0.1) is 0 Å². The molecule has 65 valence electrons. The van der Waals surface area contributed by atoms with E-state index in [4.69, 9.17) is 0 Å². The molecular weight excluding hydrogens is 152 g/mol. The van der Waals surface area contributed by atoms with Gasteiger partial charge in [0.25, 0.3) is 0 Å². The van der Waals surface area contributed by atoms with Gasteiger partial charge in [0.15, 0.2) is 0 Å². The number of nitrogens with zero attached hydrogens (tertiary/aromatic N) is 4. The zero-order valence-corrected chi connectivity index (χ0v) is 7.49. The van der Waals surface area contributed by atoms with Crippen LogP contribution in [0.5, 0.6) is 0 Å². The maximum Gasteiger partial charge on any atom is 0.228 e. The summed E-state index contributed by atoms with van der Waals surface area (Å²) in [5.74, 6) is 0.717. The first-order valence-electron chi connectivity index (χ1n) is 4.18. The summed E-state index contributed by atoms with van der Waals surface area (Å²) in [6.45, 7) is 6.12. The molecule has 1 aromatic rings. The molecule has 0 aromatic carbocycles. The highest BCUT2D eigenvalue weighted by Gasteiger charge is 2.03. The molecule has 0 unspecified atom stereocenters. The van der Waals surface area contributed by atoms with E-state index in [2.05, 4.69) is 40.0 Å². The molecule has 1 radical (unpaired) electrons. The molecule has 12 heavy (non-hydrogen) atoms. The predicted octanol–water partition coefficient (Wildman–Crippen LogP) is 0.908. The average Bonchev–Trinajstić information content (AvgIpc) is 2.15. The number of hydrogen-bond donors (Lipinski definition) is 0. The average molecular weight is 165 g/mol. The van der Waals surface area contributed by atoms with Crippen LogP contribution < -0.4 is 4.90 Å². The van der Waals surface area contributed by atoms with Crippen LogP contribution in [0, 0.1) is 6.33 Å². The summed E-state index contributed by atoms with van der Waals surface area (Å²) in [5.41, 5.74) is 0. The van der Waals surface area contributed by atoms with Crippen molar-refractivity contribution in [2.24, 2.45) is 0 Å². The Bertz CT molecular complexity index is 212. The minimum Gasteiger partial charge on any atom is -0.341 e. The number of rotatable bonds is 4. The maximum absolute atomic E-state index is 4.04. The molecule has 0 aliphatic rings. The Morgan fingerprint density at radius 3 is 2.83 bits per heavy atom. The van der Waals surface area contributed by atoms with Crippen LogP contribution in [0.2, 0.25) is 0 Å². The molecule has 0 saturated heterocycles. The zero-order valence-electron chi connectivity index (χ0n) is 7.49. The van der Waals surface area contributed by atoms with Gasteiger partial charge in [0.05, 0.1) is 0 Å². The molecule has 0 saturated carbocycles. The molecule has 1 rings (SSSR count). The van der Waals surface area contributed by atoms with Gasteiger partial charge in [0, 0.05) is 13.1 Å². The fourth-order valence-corrected chi connectivity index (χ4v) is 1.03. The molecule has 0 bridgehead atoms. The van der Waals surface area contributed by atoms with Crippen LogP contribution in [0.4, 0.5) is 5.95 Å². The molecule has 0 aliphatic heterocycles. The highest BCUT2D eigenvalue weighted by atomic mass is 15.3. The fourth-order valence-electron chi connectivity index (χ4n) is 1.03. The summed E-state index contributed by atoms with van der Waals surface area (Å²) < 4.78 is 0. The summed E-state index contributed by atoms with van der Waals surface area (Å²) in [4.78, 5) is 13.7. The Morgan fingerprint density at radius 2 is 2.33 bits per heavy atom. The first-order chi connectivity index (χ1) is 5.88. The summed E-state index contributed by atoms with van der Waals surface area (Å²) >= 11 is 0. The zero-order chi connectivity index (χ0) is 8.81. The van der Waals surface area contributed by atoms with Gasteiger partial charge in [-0.05, 0) is 13.3 Å². The molecule has 0 fully saturated rings. The van der Waals surface area contributed by atoms with Crippen molar-refractivity contribution in [2.45, 2.75) is 20.3 Å². The van der Waals surface area contributed by atoms with Crippen LogP contribution in [0.1, 0.15) is 20.3 Å². The SMILES string of the molecule is CCCN(CC)c1n[c]ncn1. The normalized spacial score (nSPS) is 9.83. The van der Waals surface area contributed by atoms with Crippen LogP contribution in [0.15, 0.2) is 6.33 Å². The predicted molar refractivity (Wildman–Crippen MR) is 46.8 cm³/mol. The minimum atomic E-state index is 0.717. The van der Waals surface area contributed by atoms with Crippen molar-refractivity contribution in [1.82, 2.24) is 15.0 Å². The molecule has 1 heterocycles. The van der Waals surface area contributed by atoms with Gasteiger partial charge in [-0.1, -0.05) is 6.92 Å². The van der Waals surface area contributed by atoms with E-state index in [1.807, 2.05) is 0 Å². The molecule has 4 nitrogen and oxygen atoms in total. The van der Waals surface area contributed by atoms with Gasteiger partial charge in [0.1, 0.15) is 6.33 Å². The first-order valence-corrected chi connectivity index (χ1v) is 4.18. The molecule has 1 aromatic heterocycles. The second kappa shape index (κ2) is 4.64. The molecule has 0 N–H and O–H groups in total. The molecule has 0 spiro atoms.